The highest BCUT2D eigenvalue weighted by atomic mass is 16.3. The Labute approximate surface area is 49.9 Å². The van der Waals surface area contributed by atoms with Gasteiger partial charge in [0.05, 0.1) is 0 Å². The van der Waals surface area contributed by atoms with Crippen LogP contribution in [0.15, 0.2) is 0 Å². The summed E-state index contributed by atoms with van der Waals surface area (Å²) >= 11 is 0. The van der Waals surface area contributed by atoms with E-state index in [1.165, 1.54) is 0 Å². The summed E-state index contributed by atoms with van der Waals surface area (Å²) in [7, 11) is 0. The second-order valence-electron chi connectivity index (χ2n) is 2.83. The van der Waals surface area contributed by atoms with Crippen molar-refractivity contribution in [2.45, 2.75) is 38.5 Å². The summed E-state index contributed by atoms with van der Waals surface area (Å²) in [4.78, 5) is 0. The molecule has 0 saturated heterocycles. The second-order valence-corrected chi connectivity index (χ2v) is 2.83. The Morgan fingerprint density at radius 2 is 2.00 bits per heavy atom. The first-order valence-corrected chi connectivity index (χ1v) is 3.12. The quantitative estimate of drug-likeness (QED) is 0.513. The first-order valence-electron chi connectivity index (χ1n) is 3.12. The molecule has 1 saturated carbocycles. The van der Waals surface area contributed by atoms with Crippen molar-refractivity contribution in [3.63, 3.8) is 0 Å². The van der Waals surface area contributed by atoms with Crippen LogP contribution in [-0.2, 0) is 0 Å². The summed E-state index contributed by atoms with van der Waals surface area (Å²) in [5.74, 6) is 0. The van der Waals surface area contributed by atoms with Crippen molar-refractivity contribution in [2.75, 3.05) is 0 Å². The maximum Gasteiger partial charge on any atom is 0.116 e. The lowest BCUT2D eigenvalue weighted by Gasteiger charge is -2.12. The molecular formula is C6H13NO. The van der Waals surface area contributed by atoms with Crippen molar-refractivity contribution in [2.24, 2.45) is 0 Å². The third-order valence-electron chi connectivity index (χ3n) is 1.28. The highest BCUT2D eigenvalue weighted by molar-refractivity contribution is 4.91. The van der Waals surface area contributed by atoms with Crippen molar-refractivity contribution >= 4 is 0 Å². The molecule has 1 aliphatic rings. The van der Waals surface area contributed by atoms with E-state index in [1.54, 1.807) is 0 Å². The minimum atomic E-state index is -0.478. The van der Waals surface area contributed by atoms with Crippen LogP contribution in [0.5, 0.6) is 0 Å². The fourth-order valence-electron chi connectivity index (χ4n) is 0.800. The lowest BCUT2D eigenvalue weighted by Crippen LogP contribution is -2.36. The Hall–Kier alpha value is -0.0800. The van der Waals surface area contributed by atoms with Crippen LogP contribution in [0.3, 0.4) is 0 Å². The molecule has 1 aliphatic carbocycles. The topological polar surface area (TPSA) is 32.3 Å². The van der Waals surface area contributed by atoms with Gasteiger partial charge >= 0.3 is 0 Å². The molecule has 0 aliphatic heterocycles. The van der Waals surface area contributed by atoms with Crippen molar-refractivity contribution in [3.8, 4) is 0 Å². The molecule has 0 amide bonds. The number of nitrogens with one attached hydrogen (secondary N) is 1. The molecule has 0 heterocycles. The molecule has 2 N–H and O–H groups in total. The van der Waals surface area contributed by atoms with E-state index in [2.05, 4.69) is 5.32 Å². The Morgan fingerprint density at radius 1 is 1.50 bits per heavy atom. The largest absolute Gasteiger partial charge is 0.376 e. The zero-order valence-electron chi connectivity index (χ0n) is 5.44. The van der Waals surface area contributed by atoms with Gasteiger partial charge in [0.2, 0.25) is 0 Å². The predicted octanol–water partition coefficient (Wildman–Crippen LogP) is 0.467. The van der Waals surface area contributed by atoms with Crippen LogP contribution in [0, 0.1) is 0 Å². The Bertz CT molecular complexity index is 86.5. The van der Waals surface area contributed by atoms with E-state index in [4.69, 9.17) is 0 Å². The van der Waals surface area contributed by atoms with Gasteiger partial charge in [0.25, 0.3) is 0 Å². The fraction of sp³-hybridized carbons (Fsp3) is 1.00. The molecule has 0 aromatic rings. The normalized spacial score (nSPS) is 24.0. The van der Waals surface area contributed by atoms with Crippen molar-refractivity contribution in [1.29, 1.82) is 0 Å². The fourth-order valence-corrected chi connectivity index (χ4v) is 0.800. The maximum atomic E-state index is 9.19. The Kier molecular flexibility index (Phi) is 1.29. The number of aliphatic hydroxyl groups is 1. The molecule has 1 rings (SSSR count). The summed E-state index contributed by atoms with van der Waals surface area (Å²) in [6.45, 7) is 4.08. The molecule has 0 radical (unpaired) electrons. The highest BCUT2D eigenvalue weighted by Crippen LogP contribution is 2.31. The molecule has 1 fully saturated rings. The summed E-state index contributed by atoms with van der Waals surface area (Å²) in [6.07, 6.45) is 1.84. The van der Waals surface area contributed by atoms with E-state index in [1.807, 2.05) is 13.8 Å². The van der Waals surface area contributed by atoms with Crippen LogP contribution in [0.25, 0.3) is 0 Å². The SMILES string of the molecule is CC(C)NC1(O)CC1. The summed E-state index contributed by atoms with van der Waals surface area (Å²) in [6, 6.07) is 0.405. The molecule has 0 atom stereocenters. The van der Waals surface area contributed by atoms with Crippen LogP contribution >= 0.6 is 0 Å². The highest BCUT2D eigenvalue weighted by Gasteiger charge is 2.40. The molecular weight excluding hydrogens is 102 g/mol. The van der Waals surface area contributed by atoms with Gasteiger partial charge in [0.15, 0.2) is 0 Å². The smallest absolute Gasteiger partial charge is 0.116 e. The van der Waals surface area contributed by atoms with Gasteiger partial charge in [-0.3, -0.25) is 5.32 Å². The Balaban J connectivity index is 2.19. The monoisotopic (exact) mass is 115 g/mol. The number of hydrogen-bond donors (Lipinski definition) is 2. The Morgan fingerprint density at radius 3 is 2.12 bits per heavy atom. The van der Waals surface area contributed by atoms with Gasteiger partial charge in [-0.25, -0.2) is 0 Å². The number of rotatable bonds is 2. The molecule has 2 heteroatoms. The van der Waals surface area contributed by atoms with Gasteiger partial charge in [0.1, 0.15) is 5.72 Å². The molecule has 0 aromatic carbocycles. The van der Waals surface area contributed by atoms with E-state index in [9.17, 15) is 5.11 Å². The van der Waals surface area contributed by atoms with E-state index in [0.717, 1.165) is 12.8 Å². The second kappa shape index (κ2) is 1.71. The summed E-state index contributed by atoms with van der Waals surface area (Å²) < 4.78 is 0. The van der Waals surface area contributed by atoms with Crippen molar-refractivity contribution in [3.05, 3.63) is 0 Å². The van der Waals surface area contributed by atoms with E-state index in [-0.39, 0.29) is 0 Å². The minimum Gasteiger partial charge on any atom is -0.376 e. The van der Waals surface area contributed by atoms with Gasteiger partial charge in [-0.05, 0) is 26.7 Å². The first kappa shape index (κ1) is 6.05. The molecule has 0 aromatic heterocycles. The summed E-state index contributed by atoms with van der Waals surface area (Å²) in [5, 5.41) is 12.2. The molecule has 0 bridgehead atoms. The van der Waals surface area contributed by atoms with E-state index >= 15 is 0 Å². The first-order chi connectivity index (χ1) is 3.62. The molecule has 8 heavy (non-hydrogen) atoms. The van der Waals surface area contributed by atoms with Gasteiger partial charge in [-0.2, -0.15) is 0 Å². The maximum absolute atomic E-state index is 9.19. The van der Waals surface area contributed by atoms with Crippen LogP contribution in [0.1, 0.15) is 26.7 Å². The zero-order chi connectivity index (χ0) is 6.20. The van der Waals surface area contributed by atoms with Gasteiger partial charge in [0, 0.05) is 6.04 Å². The standard InChI is InChI=1S/C6H13NO/c1-5(2)7-6(8)3-4-6/h5,7-8H,3-4H2,1-2H3. The third-order valence-corrected chi connectivity index (χ3v) is 1.28. The van der Waals surface area contributed by atoms with Crippen molar-refractivity contribution in [1.82, 2.24) is 5.32 Å². The zero-order valence-corrected chi connectivity index (χ0v) is 5.44. The van der Waals surface area contributed by atoms with E-state index in [0.29, 0.717) is 6.04 Å². The lowest BCUT2D eigenvalue weighted by molar-refractivity contribution is 0.102. The average molecular weight is 115 g/mol. The van der Waals surface area contributed by atoms with Crippen LogP contribution in [0.4, 0.5) is 0 Å². The van der Waals surface area contributed by atoms with E-state index < -0.39 is 5.72 Å². The van der Waals surface area contributed by atoms with Crippen molar-refractivity contribution < 1.29 is 5.11 Å². The lowest BCUT2D eigenvalue weighted by atomic mass is 10.4. The minimum absolute atomic E-state index is 0.405. The predicted molar refractivity (Wildman–Crippen MR) is 32.5 cm³/mol. The van der Waals surface area contributed by atoms with Crippen LogP contribution < -0.4 is 5.32 Å². The number of hydrogen-bond acceptors (Lipinski definition) is 2. The van der Waals surface area contributed by atoms with Crippen LogP contribution in [0.2, 0.25) is 0 Å². The summed E-state index contributed by atoms with van der Waals surface area (Å²) in [5.41, 5.74) is -0.478. The van der Waals surface area contributed by atoms with Crippen LogP contribution in [-0.4, -0.2) is 16.9 Å². The van der Waals surface area contributed by atoms with Gasteiger partial charge < -0.3 is 5.11 Å². The molecule has 48 valence electrons. The third kappa shape index (κ3) is 1.46. The average Bonchev–Trinajstić information content (AvgIpc) is 2.17. The molecule has 2 nitrogen and oxygen atoms in total. The molecule has 0 spiro atoms. The van der Waals surface area contributed by atoms with Gasteiger partial charge in [-0.15, -0.1) is 0 Å². The van der Waals surface area contributed by atoms with Gasteiger partial charge in [-0.1, -0.05) is 0 Å². The molecule has 0 unspecified atom stereocenters.